The lowest BCUT2D eigenvalue weighted by molar-refractivity contribution is -0.00175. The van der Waals surface area contributed by atoms with Gasteiger partial charge in [-0.15, -0.1) is 0 Å². The Bertz CT molecular complexity index is 1870. The first kappa shape index (κ1) is 37.1. The van der Waals surface area contributed by atoms with Crippen LogP contribution in [0.1, 0.15) is 58.5 Å². The molecule has 0 saturated carbocycles. The van der Waals surface area contributed by atoms with E-state index >= 15 is 0 Å². The molecule has 1 N–H and O–H groups in total. The first-order chi connectivity index (χ1) is 24.3. The van der Waals surface area contributed by atoms with Gasteiger partial charge in [-0.1, -0.05) is 180 Å². The number of H-pyrrole nitrogens is 1. The van der Waals surface area contributed by atoms with Gasteiger partial charge in [0.15, 0.2) is 0 Å². The monoisotopic (exact) mass is 733 g/mol. The van der Waals surface area contributed by atoms with Gasteiger partial charge in [-0.2, -0.15) is 0 Å². The van der Waals surface area contributed by atoms with Gasteiger partial charge in [-0.25, -0.2) is 0 Å². The maximum Gasteiger partial charge on any atom is 0.305 e. The van der Waals surface area contributed by atoms with Gasteiger partial charge in [0.1, 0.15) is 6.10 Å². The molecule has 4 aromatic carbocycles. The largest absolute Gasteiger partial charge is 0.405 e. The van der Waals surface area contributed by atoms with Crippen LogP contribution in [0.15, 0.2) is 132 Å². The normalized spacial score (nSPS) is 18.8. The molecule has 1 saturated heterocycles. The van der Waals surface area contributed by atoms with Crippen molar-refractivity contribution in [2.45, 2.75) is 83.3 Å². The Labute approximate surface area is 309 Å². The minimum Gasteiger partial charge on any atom is -0.405 e. The number of ether oxygens (including phenoxy) is 1. The number of rotatable bonds is 11. The molecule has 1 aliphatic heterocycles. The van der Waals surface area contributed by atoms with E-state index < -0.39 is 16.6 Å². The van der Waals surface area contributed by atoms with Crippen molar-refractivity contribution in [3.63, 3.8) is 0 Å². The summed E-state index contributed by atoms with van der Waals surface area (Å²) in [5, 5.41) is 4.57. The average Bonchev–Trinajstić information content (AvgIpc) is 3.66. The molecule has 1 fully saturated rings. The number of benzene rings is 4. The Morgan fingerprint density at radius 2 is 1.16 bits per heavy atom. The number of thiazole rings is 1. The topological polar surface area (TPSA) is 60.6 Å². The third-order valence-electron chi connectivity index (χ3n) is 10.2. The molecule has 6 rings (SSSR count). The van der Waals surface area contributed by atoms with Crippen LogP contribution in [0.4, 0.5) is 0 Å². The smallest absolute Gasteiger partial charge is 0.305 e. The van der Waals surface area contributed by atoms with E-state index in [1.807, 2.05) is 13.0 Å². The Morgan fingerprint density at radius 3 is 1.55 bits per heavy atom. The van der Waals surface area contributed by atoms with Gasteiger partial charge in [0.05, 0.1) is 24.5 Å². The highest BCUT2D eigenvalue weighted by molar-refractivity contribution is 7.09. The van der Waals surface area contributed by atoms with Gasteiger partial charge in [0, 0.05) is 11.3 Å². The van der Waals surface area contributed by atoms with Crippen molar-refractivity contribution in [3.05, 3.63) is 148 Å². The zero-order chi connectivity index (χ0) is 36.3. The lowest BCUT2D eigenvalue weighted by atomic mass is 10.1. The van der Waals surface area contributed by atoms with Crippen molar-refractivity contribution in [3.8, 4) is 0 Å². The van der Waals surface area contributed by atoms with E-state index in [9.17, 15) is 4.79 Å². The molecule has 2 heterocycles. The van der Waals surface area contributed by atoms with E-state index in [0.717, 1.165) is 10.6 Å². The van der Waals surface area contributed by atoms with E-state index in [2.05, 4.69) is 174 Å². The molecule has 0 amide bonds. The molecule has 0 radical (unpaired) electrons. The van der Waals surface area contributed by atoms with Crippen LogP contribution in [0, 0.1) is 6.92 Å². The zero-order valence-electron chi connectivity index (χ0n) is 30.9. The molecular weight excluding hydrogens is 683 g/mol. The second kappa shape index (κ2) is 15.1. The summed E-state index contributed by atoms with van der Waals surface area (Å²) in [6.07, 6.45) is 3.95. The highest BCUT2D eigenvalue weighted by Crippen LogP contribution is 2.41. The summed E-state index contributed by atoms with van der Waals surface area (Å²) in [6, 6.07) is 43.1. The predicted molar refractivity (Wildman–Crippen MR) is 218 cm³/mol. The molecular formula is C43H51NO4SSi2. The molecule has 1 aliphatic rings. The number of hydrogen-bond donors (Lipinski definition) is 1. The SMILES string of the molecule is Cc1sc(=O)[nH]c1/C=C/[C@@H]1C[C@H](O[Si](c2ccccc2)(c2ccccc2)C(C)(C)C)[C@@H](CO[Si](c2ccccc2)(c2ccccc2)C(C)(C)C)O1. The molecule has 8 heteroatoms. The molecule has 0 unspecified atom stereocenters. The Kier molecular flexibility index (Phi) is 11.0. The summed E-state index contributed by atoms with van der Waals surface area (Å²) in [6.45, 7) is 16.2. The van der Waals surface area contributed by atoms with Crippen molar-refractivity contribution < 1.29 is 13.6 Å². The van der Waals surface area contributed by atoms with E-state index in [1.54, 1.807) is 0 Å². The van der Waals surface area contributed by atoms with Gasteiger partial charge in [0.25, 0.3) is 16.6 Å². The van der Waals surface area contributed by atoms with Crippen molar-refractivity contribution in [2.24, 2.45) is 0 Å². The fourth-order valence-electron chi connectivity index (χ4n) is 7.81. The Balaban J connectivity index is 1.44. The minimum atomic E-state index is -2.91. The number of nitrogens with one attached hydrogen (secondary N) is 1. The van der Waals surface area contributed by atoms with Crippen LogP contribution in [0.25, 0.3) is 6.08 Å². The summed E-state index contributed by atoms with van der Waals surface area (Å²) in [5.74, 6) is 0. The molecule has 0 spiro atoms. The average molecular weight is 734 g/mol. The number of hydrogen-bond acceptors (Lipinski definition) is 5. The molecule has 5 aromatic rings. The van der Waals surface area contributed by atoms with Crippen LogP contribution in [0.5, 0.6) is 0 Å². The molecule has 266 valence electrons. The van der Waals surface area contributed by atoms with E-state index in [4.69, 9.17) is 13.6 Å². The Hall–Kier alpha value is -3.64. The first-order valence-electron chi connectivity index (χ1n) is 17.9. The lowest BCUT2D eigenvalue weighted by Gasteiger charge is -2.46. The molecule has 5 nitrogen and oxygen atoms in total. The van der Waals surface area contributed by atoms with Crippen LogP contribution in [-0.4, -0.2) is 46.5 Å². The number of aryl methyl sites for hydroxylation is 1. The maximum absolute atomic E-state index is 12.1. The summed E-state index contributed by atoms with van der Waals surface area (Å²) < 4.78 is 22.3. The van der Waals surface area contributed by atoms with Crippen molar-refractivity contribution in [2.75, 3.05) is 6.61 Å². The minimum absolute atomic E-state index is 0.0519. The molecule has 1 aromatic heterocycles. The molecule has 3 atom stereocenters. The highest BCUT2D eigenvalue weighted by atomic mass is 32.1. The van der Waals surface area contributed by atoms with Crippen LogP contribution in [0.3, 0.4) is 0 Å². The van der Waals surface area contributed by atoms with Gasteiger partial charge < -0.3 is 18.6 Å². The van der Waals surface area contributed by atoms with E-state index in [0.29, 0.717) is 13.0 Å². The second-order valence-corrected chi connectivity index (χ2v) is 25.3. The lowest BCUT2D eigenvalue weighted by Crippen LogP contribution is -2.69. The third-order valence-corrected chi connectivity index (χ3v) is 21.1. The summed E-state index contributed by atoms with van der Waals surface area (Å²) in [5.41, 5.74) is 0.824. The van der Waals surface area contributed by atoms with Gasteiger partial charge in [0.2, 0.25) is 0 Å². The fraction of sp³-hybridized carbons (Fsp3) is 0.326. The van der Waals surface area contributed by atoms with Crippen LogP contribution in [0.2, 0.25) is 10.1 Å². The maximum atomic E-state index is 12.1. The van der Waals surface area contributed by atoms with Gasteiger partial charge in [-0.3, -0.25) is 4.79 Å². The van der Waals surface area contributed by atoms with Crippen LogP contribution >= 0.6 is 11.3 Å². The summed E-state index contributed by atoms with van der Waals surface area (Å²) in [4.78, 5) is 16.0. The highest BCUT2D eigenvalue weighted by Gasteiger charge is 2.55. The standard InChI is InChI=1S/C43H51NO4SSi2/c1-32-38(44-41(45)49-32)29-28-33-30-39(48-51(43(5,6)7,36-24-16-10-17-25-36)37-26-18-11-19-27-37)40(47-33)31-46-50(42(2,3)4,34-20-12-8-13-21-34)35-22-14-9-15-23-35/h8-29,33,39-40H,30-31H2,1-7H3,(H,44,45)/b29-28+/t33-,39+,40-/m1/s1. The van der Waals surface area contributed by atoms with Gasteiger partial charge in [-0.05, 0) is 43.8 Å². The van der Waals surface area contributed by atoms with Crippen LogP contribution in [-0.2, 0) is 13.6 Å². The Morgan fingerprint density at radius 1 is 0.725 bits per heavy atom. The third kappa shape index (κ3) is 7.49. The van der Waals surface area contributed by atoms with Gasteiger partial charge >= 0.3 is 4.87 Å². The van der Waals surface area contributed by atoms with E-state index in [-0.39, 0.29) is 33.3 Å². The quantitative estimate of drug-likeness (QED) is 0.144. The summed E-state index contributed by atoms with van der Waals surface area (Å²) >= 11 is 1.23. The summed E-state index contributed by atoms with van der Waals surface area (Å²) in [7, 11) is -5.76. The molecule has 0 bridgehead atoms. The molecule has 51 heavy (non-hydrogen) atoms. The zero-order valence-corrected chi connectivity index (χ0v) is 33.7. The van der Waals surface area contributed by atoms with Crippen molar-refractivity contribution in [1.82, 2.24) is 4.98 Å². The van der Waals surface area contributed by atoms with Crippen molar-refractivity contribution >= 4 is 54.8 Å². The first-order valence-corrected chi connectivity index (χ1v) is 22.6. The second-order valence-electron chi connectivity index (χ2n) is 15.6. The predicted octanol–water partition coefficient (Wildman–Crippen LogP) is 7.44. The number of aromatic amines is 1. The van der Waals surface area contributed by atoms with E-state index in [1.165, 1.54) is 32.1 Å². The van der Waals surface area contributed by atoms with Crippen LogP contribution < -0.4 is 25.6 Å². The fourth-order valence-corrected chi connectivity index (χ4v) is 17.8. The number of aromatic nitrogens is 1. The molecule has 0 aliphatic carbocycles. The van der Waals surface area contributed by atoms with Crippen molar-refractivity contribution in [1.29, 1.82) is 0 Å².